The molecule has 1 rings (SSSR count). The third-order valence-corrected chi connectivity index (χ3v) is 3.02. The lowest BCUT2D eigenvalue weighted by Gasteiger charge is -2.27. The van der Waals surface area contributed by atoms with Crippen LogP contribution in [0.4, 0.5) is 9.18 Å². The summed E-state index contributed by atoms with van der Waals surface area (Å²) in [6.07, 6.45) is 0.541. The molecule has 0 spiro atoms. The van der Waals surface area contributed by atoms with Gasteiger partial charge in [0, 0.05) is 6.54 Å². The maximum atomic E-state index is 13.0. The number of urea groups is 1. The van der Waals surface area contributed by atoms with Crippen LogP contribution in [0.2, 0.25) is 0 Å². The number of carboxylic acids is 1. The first kappa shape index (κ1) is 17.9. The number of halogens is 1. The van der Waals surface area contributed by atoms with Crippen molar-refractivity contribution < 1.29 is 19.1 Å². The Bertz CT molecular complexity index is 509. The van der Waals surface area contributed by atoms with Crippen LogP contribution in [-0.4, -0.2) is 23.7 Å². The Morgan fingerprint density at radius 1 is 1.23 bits per heavy atom. The van der Waals surface area contributed by atoms with E-state index in [0.29, 0.717) is 6.42 Å². The van der Waals surface area contributed by atoms with Gasteiger partial charge in [0.2, 0.25) is 0 Å². The molecule has 0 radical (unpaired) electrons. The van der Waals surface area contributed by atoms with Crippen molar-refractivity contribution in [2.24, 2.45) is 5.41 Å². The molecule has 0 fully saturated rings. The highest BCUT2D eigenvalue weighted by atomic mass is 19.1. The number of hydrogen-bond donors (Lipinski definition) is 3. The Morgan fingerprint density at radius 3 is 2.32 bits per heavy atom. The van der Waals surface area contributed by atoms with Gasteiger partial charge in [0.25, 0.3) is 0 Å². The molecule has 0 aliphatic heterocycles. The monoisotopic (exact) mass is 310 g/mol. The Labute approximate surface area is 129 Å². The lowest BCUT2D eigenvalue weighted by Crippen LogP contribution is -2.40. The first-order valence-electron chi connectivity index (χ1n) is 7.19. The minimum absolute atomic E-state index is 0.0343. The van der Waals surface area contributed by atoms with Crippen LogP contribution in [0, 0.1) is 11.2 Å². The summed E-state index contributed by atoms with van der Waals surface area (Å²) in [6, 6.07) is 5.29. The average Bonchev–Trinajstić information content (AvgIpc) is 2.36. The fourth-order valence-electron chi connectivity index (χ4n) is 2.05. The summed E-state index contributed by atoms with van der Waals surface area (Å²) in [6.45, 7) is 6.21. The first-order valence-corrected chi connectivity index (χ1v) is 7.19. The van der Waals surface area contributed by atoms with E-state index in [2.05, 4.69) is 10.6 Å². The summed E-state index contributed by atoms with van der Waals surface area (Å²) < 4.78 is 13.0. The normalized spacial score (nSPS) is 12.5. The van der Waals surface area contributed by atoms with Crippen LogP contribution >= 0.6 is 0 Å². The number of benzene rings is 1. The van der Waals surface area contributed by atoms with E-state index in [0.717, 1.165) is 5.56 Å². The molecule has 0 heterocycles. The van der Waals surface area contributed by atoms with Gasteiger partial charge >= 0.3 is 12.0 Å². The van der Waals surface area contributed by atoms with E-state index in [9.17, 15) is 14.0 Å². The minimum Gasteiger partial charge on any atom is -0.481 e. The zero-order valence-corrected chi connectivity index (χ0v) is 13.1. The van der Waals surface area contributed by atoms with Crippen molar-refractivity contribution in [2.45, 2.75) is 39.7 Å². The number of nitrogens with one attached hydrogen (secondary N) is 2. The zero-order valence-electron chi connectivity index (χ0n) is 13.1. The van der Waals surface area contributed by atoms with Crippen LogP contribution in [0.5, 0.6) is 0 Å². The molecule has 0 aliphatic carbocycles. The van der Waals surface area contributed by atoms with Gasteiger partial charge in [-0.1, -0.05) is 32.9 Å². The van der Waals surface area contributed by atoms with Crippen LogP contribution in [0.3, 0.4) is 0 Å². The molecule has 6 heteroatoms. The molecule has 0 bridgehead atoms. The predicted molar refractivity (Wildman–Crippen MR) is 82.0 cm³/mol. The van der Waals surface area contributed by atoms with Gasteiger partial charge in [-0.05, 0) is 29.5 Å². The second-order valence-electron chi connectivity index (χ2n) is 6.41. The number of rotatable bonds is 6. The molecular formula is C16H23FN2O3. The summed E-state index contributed by atoms with van der Waals surface area (Å²) in [5.74, 6) is -1.30. The van der Waals surface area contributed by atoms with Crippen LogP contribution in [0.25, 0.3) is 0 Å². The molecule has 1 atom stereocenters. The molecule has 2 amide bonds. The van der Waals surface area contributed by atoms with Gasteiger partial charge < -0.3 is 15.7 Å². The molecule has 0 saturated carbocycles. The van der Waals surface area contributed by atoms with Gasteiger partial charge in [-0.25, -0.2) is 9.18 Å². The molecular weight excluding hydrogens is 287 g/mol. The predicted octanol–water partition coefficient (Wildman–Crippen LogP) is 3.08. The van der Waals surface area contributed by atoms with Crippen molar-refractivity contribution in [2.75, 3.05) is 6.54 Å². The van der Waals surface area contributed by atoms with E-state index < -0.39 is 12.0 Å². The number of amides is 2. The SMILES string of the molecule is CC(C)(C)CC(NC(=O)NCCC(=O)O)c1ccc(F)cc1. The number of aliphatic carboxylic acids is 1. The van der Waals surface area contributed by atoms with E-state index in [-0.39, 0.29) is 30.2 Å². The number of carbonyl (C=O) groups is 2. The zero-order chi connectivity index (χ0) is 16.8. The second-order valence-corrected chi connectivity index (χ2v) is 6.41. The number of hydrogen-bond acceptors (Lipinski definition) is 2. The Balaban J connectivity index is 2.72. The fourth-order valence-corrected chi connectivity index (χ4v) is 2.05. The largest absolute Gasteiger partial charge is 0.481 e. The summed E-state index contributed by atoms with van der Waals surface area (Å²) in [4.78, 5) is 22.3. The van der Waals surface area contributed by atoms with Gasteiger partial charge in [-0.2, -0.15) is 0 Å². The lowest BCUT2D eigenvalue weighted by atomic mass is 9.85. The van der Waals surface area contributed by atoms with Crippen molar-refractivity contribution >= 4 is 12.0 Å². The quantitative estimate of drug-likeness (QED) is 0.755. The van der Waals surface area contributed by atoms with Crippen LogP contribution < -0.4 is 10.6 Å². The highest BCUT2D eigenvalue weighted by Crippen LogP contribution is 2.29. The fraction of sp³-hybridized carbons (Fsp3) is 0.500. The number of carboxylic acid groups (broad SMARTS) is 1. The number of carbonyl (C=O) groups excluding carboxylic acids is 1. The van der Waals surface area contributed by atoms with Crippen LogP contribution in [0.1, 0.15) is 45.2 Å². The lowest BCUT2D eigenvalue weighted by molar-refractivity contribution is -0.136. The van der Waals surface area contributed by atoms with E-state index in [1.165, 1.54) is 12.1 Å². The molecule has 22 heavy (non-hydrogen) atoms. The highest BCUT2D eigenvalue weighted by Gasteiger charge is 2.22. The molecule has 0 saturated heterocycles. The molecule has 5 nitrogen and oxygen atoms in total. The van der Waals surface area contributed by atoms with Gasteiger partial charge in [-0.3, -0.25) is 4.79 Å². The van der Waals surface area contributed by atoms with Crippen molar-refractivity contribution in [1.82, 2.24) is 10.6 Å². The van der Waals surface area contributed by atoms with Gasteiger partial charge in [-0.15, -0.1) is 0 Å². The van der Waals surface area contributed by atoms with Crippen molar-refractivity contribution in [3.05, 3.63) is 35.6 Å². The second kappa shape index (κ2) is 7.77. The third-order valence-electron chi connectivity index (χ3n) is 3.02. The van der Waals surface area contributed by atoms with Gasteiger partial charge in [0.1, 0.15) is 5.82 Å². The first-order chi connectivity index (χ1) is 10.2. The van der Waals surface area contributed by atoms with Gasteiger partial charge in [0.15, 0.2) is 0 Å². The van der Waals surface area contributed by atoms with E-state index in [1.54, 1.807) is 12.1 Å². The van der Waals surface area contributed by atoms with E-state index in [4.69, 9.17) is 5.11 Å². The Morgan fingerprint density at radius 2 is 1.82 bits per heavy atom. The van der Waals surface area contributed by atoms with Crippen molar-refractivity contribution in [3.63, 3.8) is 0 Å². The van der Waals surface area contributed by atoms with Gasteiger partial charge in [0.05, 0.1) is 12.5 Å². The maximum Gasteiger partial charge on any atom is 0.315 e. The summed E-state index contributed by atoms with van der Waals surface area (Å²) in [5, 5.41) is 13.9. The highest BCUT2D eigenvalue weighted by molar-refractivity contribution is 5.75. The van der Waals surface area contributed by atoms with Crippen molar-refractivity contribution in [1.29, 1.82) is 0 Å². The van der Waals surface area contributed by atoms with Crippen LogP contribution in [-0.2, 0) is 4.79 Å². The Kier molecular flexibility index (Phi) is 6.34. The third kappa shape index (κ3) is 7.06. The van der Waals surface area contributed by atoms with Crippen LogP contribution in [0.15, 0.2) is 24.3 Å². The molecule has 0 aliphatic rings. The molecule has 0 aromatic heterocycles. The minimum atomic E-state index is -0.968. The molecule has 1 aromatic rings. The Hall–Kier alpha value is -2.11. The molecule has 1 unspecified atom stereocenters. The molecule has 122 valence electrons. The van der Waals surface area contributed by atoms with E-state index in [1.807, 2.05) is 20.8 Å². The van der Waals surface area contributed by atoms with Crippen molar-refractivity contribution in [3.8, 4) is 0 Å². The standard InChI is InChI=1S/C16H23FN2O3/c1-16(2,3)10-13(11-4-6-12(17)7-5-11)19-15(22)18-9-8-14(20)21/h4-7,13H,8-10H2,1-3H3,(H,20,21)(H2,18,19,22). The summed E-state index contributed by atoms with van der Waals surface area (Å²) in [5.41, 5.74) is 0.776. The van der Waals surface area contributed by atoms with E-state index >= 15 is 0 Å². The molecule has 1 aromatic carbocycles. The topological polar surface area (TPSA) is 78.4 Å². The molecule has 3 N–H and O–H groups in total. The average molecular weight is 310 g/mol. The smallest absolute Gasteiger partial charge is 0.315 e. The maximum absolute atomic E-state index is 13.0. The summed E-state index contributed by atoms with van der Waals surface area (Å²) in [7, 11) is 0. The summed E-state index contributed by atoms with van der Waals surface area (Å²) >= 11 is 0.